The van der Waals surface area contributed by atoms with Crippen molar-refractivity contribution in [1.29, 1.82) is 0 Å². The molecule has 1 saturated carbocycles. The van der Waals surface area contributed by atoms with Gasteiger partial charge in [-0.15, -0.1) is 0 Å². The van der Waals surface area contributed by atoms with Gasteiger partial charge in [0.15, 0.2) is 6.61 Å². The van der Waals surface area contributed by atoms with Crippen molar-refractivity contribution < 1.29 is 19.1 Å². The lowest BCUT2D eigenvalue weighted by atomic mass is 9.94. The maximum Gasteiger partial charge on any atom is 0.261 e. The molecule has 3 aromatic rings. The minimum atomic E-state index is -0.660. The second-order valence-electron chi connectivity index (χ2n) is 10.0. The first-order chi connectivity index (χ1) is 18.5. The normalized spacial score (nSPS) is 14.4. The van der Waals surface area contributed by atoms with Crippen LogP contribution in [-0.4, -0.2) is 42.5 Å². The minimum absolute atomic E-state index is 0.105. The van der Waals surface area contributed by atoms with Crippen molar-refractivity contribution in [2.24, 2.45) is 0 Å². The molecule has 200 valence electrons. The predicted octanol–water partition coefficient (Wildman–Crippen LogP) is 5.47. The number of hydrogen-bond donors (Lipinski definition) is 1. The number of nitrogens with one attached hydrogen (secondary N) is 1. The molecule has 1 aliphatic carbocycles. The van der Waals surface area contributed by atoms with Crippen LogP contribution < -0.4 is 14.8 Å². The van der Waals surface area contributed by atoms with Crippen molar-refractivity contribution in [2.75, 3.05) is 13.7 Å². The monoisotopic (exact) mass is 514 g/mol. The molecule has 0 saturated heterocycles. The van der Waals surface area contributed by atoms with E-state index in [2.05, 4.69) is 11.4 Å². The van der Waals surface area contributed by atoms with Crippen LogP contribution in [0.3, 0.4) is 0 Å². The Bertz CT molecular complexity index is 1170. The Hall–Kier alpha value is -3.80. The van der Waals surface area contributed by atoms with Crippen molar-refractivity contribution in [3.05, 3.63) is 95.6 Å². The zero-order valence-corrected chi connectivity index (χ0v) is 22.4. The fraction of sp³-hybridized carbons (Fsp3) is 0.375. The second-order valence-corrected chi connectivity index (χ2v) is 10.0. The van der Waals surface area contributed by atoms with E-state index in [4.69, 9.17) is 9.47 Å². The molecule has 0 aromatic heterocycles. The van der Waals surface area contributed by atoms with E-state index in [9.17, 15) is 9.59 Å². The standard InChI is InChI=1S/C32H38N2O4/c1-24-10-9-13-26(20-24)22-34(31(35)23-38-29-18-16-28(37-2)17-19-29)30(21-25-11-5-3-6-12-25)32(36)33-27-14-7-4-8-15-27/h3,5-6,9-13,16-20,27,30H,4,7-8,14-15,21-23H2,1-2H3,(H,33,36)/t30-/m1/s1. The third-order valence-corrected chi connectivity index (χ3v) is 7.08. The molecule has 0 heterocycles. The van der Waals surface area contributed by atoms with Crippen LogP contribution >= 0.6 is 0 Å². The number of carbonyl (C=O) groups excluding carboxylic acids is 2. The van der Waals surface area contributed by atoms with E-state index in [0.717, 1.165) is 42.4 Å². The van der Waals surface area contributed by atoms with Crippen molar-refractivity contribution >= 4 is 11.8 Å². The Morgan fingerprint density at radius 3 is 2.26 bits per heavy atom. The summed E-state index contributed by atoms with van der Waals surface area (Å²) < 4.78 is 11.1. The van der Waals surface area contributed by atoms with Gasteiger partial charge in [0.05, 0.1) is 7.11 Å². The highest BCUT2D eigenvalue weighted by atomic mass is 16.5. The lowest BCUT2D eigenvalue weighted by Gasteiger charge is -2.33. The molecular formula is C32H38N2O4. The minimum Gasteiger partial charge on any atom is -0.497 e. The molecule has 0 aliphatic heterocycles. The van der Waals surface area contributed by atoms with Crippen LogP contribution in [0.15, 0.2) is 78.9 Å². The van der Waals surface area contributed by atoms with E-state index in [-0.39, 0.29) is 24.5 Å². The van der Waals surface area contributed by atoms with Gasteiger partial charge in [-0.3, -0.25) is 9.59 Å². The fourth-order valence-corrected chi connectivity index (χ4v) is 5.01. The SMILES string of the molecule is COc1ccc(OCC(=O)N(Cc2cccc(C)c2)[C@H](Cc2ccccc2)C(=O)NC2CCCCC2)cc1. The van der Waals surface area contributed by atoms with E-state index in [1.807, 2.05) is 55.5 Å². The summed E-state index contributed by atoms with van der Waals surface area (Å²) in [6.07, 6.45) is 5.85. The number of aryl methyl sites for hydroxylation is 1. The van der Waals surface area contributed by atoms with Crippen molar-refractivity contribution in [1.82, 2.24) is 10.2 Å². The third-order valence-electron chi connectivity index (χ3n) is 7.08. The van der Waals surface area contributed by atoms with Gasteiger partial charge in [0.1, 0.15) is 17.5 Å². The summed E-state index contributed by atoms with van der Waals surface area (Å²) in [5.74, 6) is 0.946. The zero-order chi connectivity index (χ0) is 26.7. The van der Waals surface area contributed by atoms with Gasteiger partial charge in [-0.2, -0.15) is 0 Å². The number of hydrogen-bond acceptors (Lipinski definition) is 4. The molecular weight excluding hydrogens is 476 g/mol. The Balaban J connectivity index is 1.59. The van der Waals surface area contributed by atoms with Crippen molar-refractivity contribution in [3.63, 3.8) is 0 Å². The molecule has 1 atom stereocenters. The molecule has 4 rings (SSSR count). The lowest BCUT2D eigenvalue weighted by molar-refractivity contribution is -0.143. The molecule has 1 fully saturated rings. The van der Waals surface area contributed by atoms with E-state index in [1.54, 1.807) is 36.3 Å². The number of amides is 2. The smallest absolute Gasteiger partial charge is 0.261 e. The van der Waals surface area contributed by atoms with Gasteiger partial charge in [0, 0.05) is 19.0 Å². The van der Waals surface area contributed by atoms with Crippen LogP contribution in [0.4, 0.5) is 0 Å². The third kappa shape index (κ3) is 7.85. The number of rotatable bonds is 11. The molecule has 3 aromatic carbocycles. The van der Waals surface area contributed by atoms with Crippen molar-refractivity contribution in [2.45, 2.75) is 64.1 Å². The maximum atomic E-state index is 13.8. The summed E-state index contributed by atoms with van der Waals surface area (Å²) in [4.78, 5) is 29.2. The highest BCUT2D eigenvalue weighted by Gasteiger charge is 2.32. The van der Waals surface area contributed by atoms with Crippen molar-refractivity contribution in [3.8, 4) is 11.5 Å². The Morgan fingerprint density at radius 1 is 0.895 bits per heavy atom. The molecule has 6 heteroatoms. The van der Waals surface area contributed by atoms with Gasteiger partial charge < -0.3 is 19.7 Å². The molecule has 1 aliphatic rings. The molecule has 1 N–H and O–H groups in total. The van der Waals surface area contributed by atoms with E-state index in [0.29, 0.717) is 24.5 Å². The molecule has 6 nitrogen and oxygen atoms in total. The summed E-state index contributed by atoms with van der Waals surface area (Å²) in [5.41, 5.74) is 3.09. The molecule has 0 bridgehead atoms. The summed E-state index contributed by atoms with van der Waals surface area (Å²) in [6, 6.07) is 24.6. The van der Waals surface area contributed by atoms with Crippen LogP contribution in [0, 0.1) is 6.92 Å². The first kappa shape index (κ1) is 27.2. The molecule has 2 amide bonds. The van der Waals surface area contributed by atoms with Gasteiger partial charge in [0.25, 0.3) is 5.91 Å². The van der Waals surface area contributed by atoms with Gasteiger partial charge in [-0.1, -0.05) is 79.4 Å². The zero-order valence-electron chi connectivity index (χ0n) is 22.4. The average molecular weight is 515 g/mol. The number of nitrogens with zero attached hydrogens (tertiary/aromatic N) is 1. The Labute approximate surface area is 226 Å². The van der Waals surface area contributed by atoms with E-state index in [1.165, 1.54) is 6.42 Å². The van der Waals surface area contributed by atoms with Crippen LogP contribution in [0.1, 0.15) is 48.8 Å². The van der Waals surface area contributed by atoms with Crippen LogP contribution in [0.5, 0.6) is 11.5 Å². The van der Waals surface area contributed by atoms with Gasteiger partial charge in [0.2, 0.25) is 5.91 Å². The molecule has 0 unspecified atom stereocenters. The highest BCUT2D eigenvalue weighted by Crippen LogP contribution is 2.21. The van der Waals surface area contributed by atoms with Crippen LogP contribution in [-0.2, 0) is 22.6 Å². The lowest BCUT2D eigenvalue weighted by Crippen LogP contribution is -2.53. The van der Waals surface area contributed by atoms with E-state index < -0.39 is 6.04 Å². The highest BCUT2D eigenvalue weighted by molar-refractivity contribution is 5.88. The summed E-state index contributed by atoms with van der Waals surface area (Å²) in [7, 11) is 1.60. The first-order valence-electron chi connectivity index (χ1n) is 13.5. The number of benzene rings is 3. The average Bonchev–Trinajstić information content (AvgIpc) is 2.95. The first-order valence-corrected chi connectivity index (χ1v) is 13.5. The molecule has 38 heavy (non-hydrogen) atoms. The van der Waals surface area contributed by atoms with Gasteiger partial charge in [-0.05, 0) is 55.2 Å². The summed E-state index contributed by atoms with van der Waals surface area (Å²) in [5, 5.41) is 3.27. The number of methoxy groups -OCH3 is 1. The summed E-state index contributed by atoms with van der Waals surface area (Å²) in [6.45, 7) is 2.18. The second kappa shape index (κ2) is 13.7. The molecule has 0 radical (unpaired) electrons. The predicted molar refractivity (Wildman–Crippen MR) is 149 cm³/mol. The van der Waals surface area contributed by atoms with Crippen LogP contribution in [0.2, 0.25) is 0 Å². The number of carbonyl (C=O) groups is 2. The topological polar surface area (TPSA) is 67.9 Å². The largest absolute Gasteiger partial charge is 0.497 e. The summed E-state index contributed by atoms with van der Waals surface area (Å²) >= 11 is 0. The maximum absolute atomic E-state index is 13.8. The Kier molecular flexibility index (Phi) is 9.79. The van der Waals surface area contributed by atoms with Gasteiger partial charge in [-0.25, -0.2) is 0 Å². The quantitative estimate of drug-likeness (QED) is 0.368. The number of ether oxygens (including phenoxy) is 2. The fourth-order valence-electron chi connectivity index (χ4n) is 5.01. The Morgan fingerprint density at radius 2 is 1.58 bits per heavy atom. The molecule has 0 spiro atoms. The van der Waals surface area contributed by atoms with E-state index >= 15 is 0 Å². The van der Waals surface area contributed by atoms with Crippen LogP contribution in [0.25, 0.3) is 0 Å². The van der Waals surface area contributed by atoms with Gasteiger partial charge >= 0.3 is 0 Å².